The highest BCUT2D eigenvalue weighted by molar-refractivity contribution is 6.03. The van der Waals surface area contributed by atoms with Gasteiger partial charge in [0.1, 0.15) is 17.6 Å². The molecule has 0 unspecified atom stereocenters. The maximum absolute atomic E-state index is 12.4. The lowest BCUT2D eigenvalue weighted by Gasteiger charge is -2.09. The lowest BCUT2D eigenvalue weighted by atomic mass is 10.2. The van der Waals surface area contributed by atoms with Crippen molar-refractivity contribution in [3.8, 4) is 6.07 Å². The first-order valence-electron chi connectivity index (χ1n) is 8.32. The van der Waals surface area contributed by atoms with Crippen molar-refractivity contribution in [3.63, 3.8) is 0 Å². The number of rotatable bonds is 5. The second-order valence-corrected chi connectivity index (χ2v) is 5.79. The quantitative estimate of drug-likeness (QED) is 0.632. The van der Waals surface area contributed by atoms with E-state index in [2.05, 4.69) is 32.0 Å². The number of amides is 2. The van der Waals surface area contributed by atoms with Crippen LogP contribution in [-0.2, 0) is 4.79 Å². The SMILES string of the molecule is CC(=O)Nc1cccc(NC(=O)c2cnc(Nc3ccccc3C#N)cn2)c1. The van der Waals surface area contributed by atoms with Gasteiger partial charge in [-0.25, -0.2) is 9.97 Å². The number of benzene rings is 2. The Morgan fingerprint density at radius 1 is 0.964 bits per heavy atom. The molecule has 0 aliphatic carbocycles. The summed E-state index contributed by atoms with van der Waals surface area (Å²) in [6.45, 7) is 1.41. The monoisotopic (exact) mass is 372 g/mol. The van der Waals surface area contributed by atoms with E-state index in [1.54, 1.807) is 48.5 Å². The topological polar surface area (TPSA) is 120 Å². The fourth-order valence-corrected chi connectivity index (χ4v) is 2.41. The summed E-state index contributed by atoms with van der Waals surface area (Å²) in [5, 5.41) is 17.5. The largest absolute Gasteiger partial charge is 0.338 e. The molecule has 0 fully saturated rings. The van der Waals surface area contributed by atoms with E-state index in [0.29, 0.717) is 28.4 Å². The molecule has 0 atom stereocenters. The molecule has 0 spiro atoms. The third-order valence-corrected chi connectivity index (χ3v) is 3.64. The van der Waals surface area contributed by atoms with Gasteiger partial charge in [-0.2, -0.15) is 5.26 Å². The summed E-state index contributed by atoms with van der Waals surface area (Å²) in [5.41, 5.74) is 2.30. The summed E-state index contributed by atoms with van der Waals surface area (Å²) in [6.07, 6.45) is 2.75. The van der Waals surface area contributed by atoms with Crippen molar-refractivity contribution in [1.82, 2.24) is 9.97 Å². The van der Waals surface area contributed by atoms with Gasteiger partial charge in [-0.1, -0.05) is 18.2 Å². The molecule has 2 aromatic carbocycles. The van der Waals surface area contributed by atoms with Crippen LogP contribution in [0, 0.1) is 11.3 Å². The number of nitriles is 1. The van der Waals surface area contributed by atoms with Crippen molar-refractivity contribution < 1.29 is 9.59 Å². The molecule has 3 rings (SSSR count). The first kappa shape index (κ1) is 18.5. The van der Waals surface area contributed by atoms with Crippen LogP contribution >= 0.6 is 0 Å². The summed E-state index contributed by atoms with van der Waals surface area (Å²) in [4.78, 5) is 31.8. The van der Waals surface area contributed by atoms with Gasteiger partial charge in [0.25, 0.3) is 5.91 Å². The fraction of sp³-hybridized carbons (Fsp3) is 0.0500. The van der Waals surface area contributed by atoms with Gasteiger partial charge in [0.05, 0.1) is 23.6 Å². The molecule has 1 aromatic heterocycles. The highest BCUT2D eigenvalue weighted by atomic mass is 16.2. The summed E-state index contributed by atoms with van der Waals surface area (Å²) in [6, 6.07) is 15.9. The highest BCUT2D eigenvalue weighted by Crippen LogP contribution is 2.19. The number of nitrogens with zero attached hydrogens (tertiary/aromatic N) is 3. The van der Waals surface area contributed by atoms with Crippen LogP contribution in [0.25, 0.3) is 0 Å². The second kappa shape index (κ2) is 8.42. The van der Waals surface area contributed by atoms with Gasteiger partial charge in [0.2, 0.25) is 5.91 Å². The van der Waals surface area contributed by atoms with Gasteiger partial charge in [0, 0.05) is 18.3 Å². The van der Waals surface area contributed by atoms with Crippen LogP contribution in [0.15, 0.2) is 60.9 Å². The highest BCUT2D eigenvalue weighted by Gasteiger charge is 2.10. The van der Waals surface area contributed by atoms with Gasteiger partial charge in [-0.15, -0.1) is 0 Å². The van der Waals surface area contributed by atoms with Crippen molar-refractivity contribution in [1.29, 1.82) is 5.26 Å². The molecular weight excluding hydrogens is 356 g/mol. The van der Waals surface area contributed by atoms with Crippen LogP contribution in [0.4, 0.5) is 22.9 Å². The molecule has 8 heteroatoms. The minimum atomic E-state index is -0.434. The molecule has 138 valence electrons. The molecule has 28 heavy (non-hydrogen) atoms. The molecule has 0 aliphatic heterocycles. The van der Waals surface area contributed by atoms with E-state index < -0.39 is 5.91 Å². The average Bonchev–Trinajstić information content (AvgIpc) is 2.68. The Balaban J connectivity index is 1.69. The maximum Gasteiger partial charge on any atom is 0.275 e. The predicted octanol–water partition coefficient (Wildman–Crippen LogP) is 3.30. The van der Waals surface area contributed by atoms with Crippen molar-refractivity contribution >= 4 is 34.7 Å². The number of nitrogens with one attached hydrogen (secondary N) is 3. The van der Waals surface area contributed by atoms with Crippen LogP contribution in [-0.4, -0.2) is 21.8 Å². The number of carbonyl (C=O) groups is 2. The molecule has 3 aromatic rings. The first-order chi connectivity index (χ1) is 13.5. The van der Waals surface area contributed by atoms with E-state index in [9.17, 15) is 9.59 Å². The van der Waals surface area contributed by atoms with Crippen molar-refractivity contribution in [2.75, 3.05) is 16.0 Å². The number of carbonyl (C=O) groups excluding carboxylic acids is 2. The van der Waals surface area contributed by atoms with Gasteiger partial charge in [-0.05, 0) is 30.3 Å². The van der Waals surface area contributed by atoms with Gasteiger partial charge >= 0.3 is 0 Å². The minimum absolute atomic E-state index is 0.129. The maximum atomic E-state index is 12.4. The lowest BCUT2D eigenvalue weighted by Crippen LogP contribution is -2.14. The van der Waals surface area contributed by atoms with Crippen LogP contribution in [0.1, 0.15) is 23.0 Å². The third kappa shape index (κ3) is 4.68. The Labute approximate surface area is 161 Å². The Morgan fingerprint density at radius 2 is 1.71 bits per heavy atom. The normalized spacial score (nSPS) is 9.86. The molecule has 8 nitrogen and oxygen atoms in total. The third-order valence-electron chi connectivity index (χ3n) is 3.64. The van der Waals surface area contributed by atoms with E-state index >= 15 is 0 Å². The zero-order valence-corrected chi connectivity index (χ0v) is 14.9. The number of para-hydroxylation sites is 1. The van der Waals surface area contributed by atoms with Crippen LogP contribution in [0.3, 0.4) is 0 Å². The average molecular weight is 372 g/mol. The van der Waals surface area contributed by atoms with E-state index in [1.165, 1.54) is 19.3 Å². The Kier molecular flexibility index (Phi) is 5.58. The summed E-state index contributed by atoms with van der Waals surface area (Å²) in [5.74, 6) is -0.223. The van der Waals surface area contributed by atoms with Crippen LogP contribution in [0.5, 0.6) is 0 Å². The van der Waals surface area contributed by atoms with Crippen molar-refractivity contribution in [2.24, 2.45) is 0 Å². The van der Waals surface area contributed by atoms with E-state index in [0.717, 1.165) is 0 Å². The van der Waals surface area contributed by atoms with Gasteiger partial charge in [0.15, 0.2) is 0 Å². The molecule has 3 N–H and O–H groups in total. The lowest BCUT2D eigenvalue weighted by molar-refractivity contribution is -0.114. The fourth-order valence-electron chi connectivity index (χ4n) is 2.41. The molecule has 0 bridgehead atoms. The molecule has 0 saturated carbocycles. The van der Waals surface area contributed by atoms with Gasteiger partial charge < -0.3 is 16.0 Å². The van der Waals surface area contributed by atoms with Crippen LogP contribution < -0.4 is 16.0 Å². The molecular formula is C20H16N6O2. The van der Waals surface area contributed by atoms with E-state index in [-0.39, 0.29) is 11.6 Å². The molecule has 2 amide bonds. The smallest absolute Gasteiger partial charge is 0.275 e. The Bertz CT molecular complexity index is 1060. The number of anilines is 4. The van der Waals surface area contributed by atoms with Crippen molar-refractivity contribution in [2.45, 2.75) is 6.92 Å². The first-order valence-corrected chi connectivity index (χ1v) is 8.32. The van der Waals surface area contributed by atoms with E-state index in [1.807, 2.05) is 0 Å². The Hall–Kier alpha value is -4.25. The number of aromatic nitrogens is 2. The zero-order valence-electron chi connectivity index (χ0n) is 14.9. The molecule has 1 heterocycles. The van der Waals surface area contributed by atoms with Crippen LogP contribution in [0.2, 0.25) is 0 Å². The predicted molar refractivity (Wildman–Crippen MR) is 105 cm³/mol. The van der Waals surface area contributed by atoms with Gasteiger partial charge in [-0.3, -0.25) is 9.59 Å². The molecule has 0 aliphatic rings. The standard InChI is InChI=1S/C20H16N6O2/c1-13(27)24-15-6-4-7-16(9-15)25-20(28)18-11-23-19(12-22-18)26-17-8-3-2-5-14(17)10-21/h2-9,11-12H,1H3,(H,23,26)(H,24,27)(H,25,28). The summed E-state index contributed by atoms with van der Waals surface area (Å²) < 4.78 is 0. The summed E-state index contributed by atoms with van der Waals surface area (Å²) >= 11 is 0. The van der Waals surface area contributed by atoms with E-state index in [4.69, 9.17) is 5.26 Å². The zero-order chi connectivity index (χ0) is 19.9. The summed E-state index contributed by atoms with van der Waals surface area (Å²) in [7, 11) is 0. The Morgan fingerprint density at radius 3 is 2.39 bits per heavy atom. The number of hydrogen-bond donors (Lipinski definition) is 3. The second-order valence-electron chi connectivity index (χ2n) is 5.79. The van der Waals surface area contributed by atoms with Crippen molar-refractivity contribution in [3.05, 3.63) is 72.2 Å². The molecule has 0 radical (unpaired) electrons. The minimum Gasteiger partial charge on any atom is -0.338 e. The number of hydrogen-bond acceptors (Lipinski definition) is 6. The molecule has 0 saturated heterocycles.